The molecule has 6 heteroatoms. The first-order valence-corrected chi connectivity index (χ1v) is 7.36. The van der Waals surface area contributed by atoms with Crippen LogP contribution in [-0.4, -0.2) is 21.0 Å². The van der Waals surface area contributed by atoms with E-state index in [-0.39, 0.29) is 11.5 Å². The lowest BCUT2D eigenvalue weighted by Gasteiger charge is -2.23. The minimum atomic E-state index is -0.418. The van der Waals surface area contributed by atoms with Gasteiger partial charge in [0.15, 0.2) is 0 Å². The monoisotopic (exact) mass is 309 g/mol. The Morgan fingerprint density at radius 3 is 2.65 bits per heavy atom. The third kappa shape index (κ3) is 2.03. The number of fused-ring (bicyclic) bond motifs is 1. The molecule has 0 spiro atoms. The Bertz CT molecular complexity index is 921. The molecule has 1 amide bonds. The number of nitrogens with one attached hydrogen (secondary N) is 2. The van der Waals surface area contributed by atoms with Crippen molar-refractivity contribution in [2.75, 3.05) is 0 Å². The molecule has 0 aliphatic carbocycles. The summed E-state index contributed by atoms with van der Waals surface area (Å²) in [5, 5.41) is 5.44. The van der Waals surface area contributed by atoms with Crippen molar-refractivity contribution in [2.24, 2.45) is 0 Å². The van der Waals surface area contributed by atoms with Gasteiger partial charge in [0.1, 0.15) is 5.76 Å². The maximum absolute atomic E-state index is 12.8. The number of furan rings is 1. The quantitative estimate of drug-likeness (QED) is 0.779. The van der Waals surface area contributed by atoms with Crippen LogP contribution in [0.15, 0.2) is 51.9 Å². The van der Waals surface area contributed by atoms with Crippen LogP contribution in [-0.2, 0) is 6.54 Å². The van der Waals surface area contributed by atoms with Gasteiger partial charge in [0.05, 0.1) is 24.4 Å². The van der Waals surface area contributed by atoms with E-state index in [0.717, 1.165) is 11.3 Å². The van der Waals surface area contributed by atoms with Crippen molar-refractivity contribution in [3.8, 4) is 0 Å². The zero-order chi connectivity index (χ0) is 16.0. The average Bonchev–Trinajstić information content (AvgIpc) is 3.24. The fourth-order valence-corrected chi connectivity index (χ4v) is 3.20. The van der Waals surface area contributed by atoms with Crippen molar-refractivity contribution in [1.29, 1.82) is 0 Å². The first-order valence-electron chi connectivity index (χ1n) is 7.36. The molecule has 0 fully saturated rings. The highest BCUT2D eigenvalue weighted by atomic mass is 16.3. The molecule has 23 heavy (non-hydrogen) atoms. The van der Waals surface area contributed by atoms with Gasteiger partial charge in [0.25, 0.3) is 11.5 Å². The van der Waals surface area contributed by atoms with E-state index in [0.29, 0.717) is 23.4 Å². The zero-order valence-corrected chi connectivity index (χ0v) is 12.5. The van der Waals surface area contributed by atoms with Crippen LogP contribution in [0.4, 0.5) is 0 Å². The Labute approximate surface area is 131 Å². The van der Waals surface area contributed by atoms with Gasteiger partial charge in [-0.15, -0.1) is 0 Å². The zero-order valence-electron chi connectivity index (χ0n) is 12.5. The maximum atomic E-state index is 12.8. The molecule has 1 aliphatic rings. The van der Waals surface area contributed by atoms with E-state index in [1.165, 1.54) is 0 Å². The molecule has 1 aliphatic heterocycles. The van der Waals surface area contributed by atoms with Gasteiger partial charge in [-0.05, 0) is 30.7 Å². The molecule has 4 rings (SSSR count). The molecule has 1 aromatic carbocycles. The number of aromatic nitrogens is 2. The van der Waals surface area contributed by atoms with Crippen LogP contribution >= 0.6 is 0 Å². The third-order valence-electron chi connectivity index (χ3n) is 4.25. The van der Waals surface area contributed by atoms with Crippen LogP contribution in [0.1, 0.15) is 39.0 Å². The molecule has 0 saturated heterocycles. The molecule has 0 bridgehead atoms. The SMILES string of the molecule is Cc1[nH][nH]c(=O)c1C1c2ccccc2C(=O)N1Cc1ccco1. The van der Waals surface area contributed by atoms with Gasteiger partial charge in [0, 0.05) is 11.3 Å². The molecule has 0 radical (unpaired) electrons. The molecule has 3 aromatic rings. The normalized spacial score (nSPS) is 16.8. The van der Waals surface area contributed by atoms with Crippen molar-refractivity contribution in [3.05, 3.63) is 81.2 Å². The average molecular weight is 309 g/mol. The van der Waals surface area contributed by atoms with Crippen molar-refractivity contribution >= 4 is 5.91 Å². The number of hydrogen-bond acceptors (Lipinski definition) is 3. The summed E-state index contributed by atoms with van der Waals surface area (Å²) >= 11 is 0. The minimum Gasteiger partial charge on any atom is -0.467 e. The highest BCUT2D eigenvalue weighted by Gasteiger charge is 2.40. The number of H-pyrrole nitrogens is 2. The van der Waals surface area contributed by atoms with Gasteiger partial charge in [-0.3, -0.25) is 14.7 Å². The Hall–Kier alpha value is -3.02. The van der Waals surface area contributed by atoms with Gasteiger partial charge in [-0.2, -0.15) is 0 Å². The van der Waals surface area contributed by atoms with Gasteiger partial charge >= 0.3 is 0 Å². The second-order valence-corrected chi connectivity index (χ2v) is 5.62. The van der Waals surface area contributed by atoms with E-state index in [9.17, 15) is 9.59 Å². The maximum Gasteiger partial charge on any atom is 0.269 e. The molecule has 116 valence electrons. The summed E-state index contributed by atoms with van der Waals surface area (Å²) in [6, 6.07) is 10.6. The number of carbonyl (C=O) groups excluding carboxylic acids is 1. The van der Waals surface area contributed by atoms with Gasteiger partial charge in [-0.25, -0.2) is 0 Å². The van der Waals surface area contributed by atoms with Crippen molar-refractivity contribution in [1.82, 2.24) is 15.1 Å². The summed E-state index contributed by atoms with van der Waals surface area (Å²) in [6.07, 6.45) is 1.58. The van der Waals surface area contributed by atoms with E-state index in [2.05, 4.69) is 10.2 Å². The molecule has 1 atom stereocenters. The molecule has 0 saturated carbocycles. The van der Waals surface area contributed by atoms with E-state index in [4.69, 9.17) is 4.42 Å². The number of aryl methyl sites for hydroxylation is 1. The standard InChI is InChI=1S/C17H15N3O3/c1-10-14(16(21)19-18-10)15-12-6-2-3-7-13(12)17(22)20(15)9-11-5-4-8-23-11/h2-8,15H,9H2,1H3,(H2,18,19,21). The summed E-state index contributed by atoms with van der Waals surface area (Å²) in [5.74, 6) is 0.586. The summed E-state index contributed by atoms with van der Waals surface area (Å²) in [6.45, 7) is 2.14. The van der Waals surface area contributed by atoms with Crippen molar-refractivity contribution < 1.29 is 9.21 Å². The van der Waals surface area contributed by atoms with Gasteiger partial charge < -0.3 is 14.4 Å². The van der Waals surface area contributed by atoms with Crippen LogP contribution in [0, 0.1) is 6.92 Å². The molecule has 6 nitrogen and oxygen atoms in total. The van der Waals surface area contributed by atoms with Crippen LogP contribution < -0.4 is 5.56 Å². The minimum absolute atomic E-state index is 0.0954. The lowest BCUT2D eigenvalue weighted by Crippen LogP contribution is -2.30. The van der Waals surface area contributed by atoms with Crippen molar-refractivity contribution in [3.63, 3.8) is 0 Å². The number of benzene rings is 1. The summed E-state index contributed by atoms with van der Waals surface area (Å²) < 4.78 is 5.38. The Morgan fingerprint density at radius 1 is 1.13 bits per heavy atom. The predicted octanol–water partition coefficient (Wildman–Crippen LogP) is 2.35. The van der Waals surface area contributed by atoms with Crippen LogP contribution in [0.5, 0.6) is 0 Å². The van der Waals surface area contributed by atoms with Crippen LogP contribution in [0.3, 0.4) is 0 Å². The highest BCUT2D eigenvalue weighted by molar-refractivity contribution is 5.99. The van der Waals surface area contributed by atoms with Crippen LogP contribution in [0.2, 0.25) is 0 Å². The molecule has 3 heterocycles. The molecule has 2 aromatic heterocycles. The molecule has 1 unspecified atom stereocenters. The predicted molar refractivity (Wildman–Crippen MR) is 83.0 cm³/mol. The van der Waals surface area contributed by atoms with Gasteiger partial charge in [0.2, 0.25) is 0 Å². The van der Waals surface area contributed by atoms with Crippen LogP contribution in [0.25, 0.3) is 0 Å². The van der Waals surface area contributed by atoms with Gasteiger partial charge in [-0.1, -0.05) is 18.2 Å². The lowest BCUT2D eigenvalue weighted by atomic mass is 9.98. The Morgan fingerprint density at radius 2 is 1.96 bits per heavy atom. The number of aromatic amines is 2. The Kier molecular flexibility index (Phi) is 2.97. The van der Waals surface area contributed by atoms with E-state index in [1.807, 2.05) is 31.2 Å². The molecule has 2 N–H and O–H groups in total. The first kappa shape index (κ1) is 13.6. The highest BCUT2D eigenvalue weighted by Crippen LogP contribution is 2.38. The first-order chi connectivity index (χ1) is 11.2. The number of rotatable bonds is 3. The van der Waals surface area contributed by atoms with E-state index < -0.39 is 6.04 Å². The topological polar surface area (TPSA) is 82.1 Å². The molecular weight excluding hydrogens is 294 g/mol. The second kappa shape index (κ2) is 5.01. The second-order valence-electron chi connectivity index (χ2n) is 5.62. The number of hydrogen-bond donors (Lipinski definition) is 2. The van der Waals surface area contributed by atoms with E-state index in [1.54, 1.807) is 23.3 Å². The Balaban J connectivity index is 1.87. The lowest BCUT2D eigenvalue weighted by molar-refractivity contribution is 0.0722. The summed E-state index contributed by atoms with van der Waals surface area (Å²) in [5.41, 5.74) is 2.56. The fourth-order valence-electron chi connectivity index (χ4n) is 3.20. The molecular formula is C17H15N3O3. The van der Waals surface area contributed by atoms with E-state index >= 15 is 0 Å². The third-order valence-corrected chi connectivity index (χ3v) is 4.25. The fraction of sp³-hybridized carbons (Fsp3) is 0.176. The number of nitrogens with zero attached hydrogens (tertiary/aromatic N) is 1. The number of amides is 1. The van der Waals surface area contributed by atoms with Crippen molar-refractivity contribution in [2.45, 2.75) is 19.5 Å². The number of carbonyl (C=O) groups is 1. The summed E-state index contributed by atoms with van der Waals surface area (Å²) in [4.78, 5) is 26.7. The largest absolute Gasteiger partial charge is 0.467 e. The summed E-state index contributed by atoms with van der Waals surface area (Å²) in [7, 11) is 0. The smallest absolute Gasteiger partial charge is 0.269 e.